The van der Waals surface area contributed by atoms with Gasteiger partial charge in [-0.1, -0.05) is 72.8 Å². The lowest BCUT2D eigenvalue weighted by Gasteiger charge is -2.23. The Kier molecular flexibility index (Phi) is 5.94. The maximum absolute atomic E-state index is 14.2. The number of methoxy groups -OCH3 is 1. The molecule has 0 amide bonds. The minimum Gasteiger partial charge on any atom is -0.504 e. The molecule has 0 bridgehead atoms. The Balaban J connectivity index is 1.57. The highest BCUT2D eigenvalue weighted by Crippen LogP contribution is 2.40. The van der Waals surface area contributed by atoms with E-state index in [4.69, 9.17) is 9.84 Å². The predicted molar refractivity (Wildman–Crippen MR) is 147 cm³/mol. The molecule has 1 aliphatic heterocycles. The molecule has 3 heterocycles. The topological polar surface area (TPSA) is 89.3 Å². The zero-order valence-corrected chi connectivity index (χ0v) is 20.6. The number of hydrogen-bond acceptors (Lipinski definition) is 6. The third kappa shape index (κ3) is 4.10. The molecule has 38 heavy (non-hydrogen) atoms. The standard InChI is InChI=1S/C31H24N4O3/c1-38-23-16-14-21(15-17-23)27-24(33-30-26(36)13-8-18-32-30)19-25-28(20-9-4-2-5-10-20)29(34-35(25)31(27)37)22-11-6-3-7-12-22/h2-18,36H,19H2,1H3,(H,32,33). The van der Waals surface area contributed by atoms with Crippen LogP contribution in [-0.4, -0.2) is 32.9 Å². The number of pyridine rings is 1. The fourth-order valence-electron chi connectivity index (χ4n) is 4.78. The number of nitrogens with one attached hydrogen (secondary N) is 1. The lowest BCUT2D eigenvalue weighted by molar-refractivity contribution is 0.0958. The van der Waals surface area contributed by atoms with Crippen LogP contribution in [0.3, 0.4) is 0 Å². The number of nitrogens with zero attached hydrogens (tertiary/aromatic N) is 3. The van der Waals surface area contributed by atoms with Crippen LogP contribution in [0.1, 0.15) is 16.1 Å². The van der Waals surface area contributed by atoms with E-state index in [0.29, 0.717) is 29.0 Å². The summed E-state index contributed by atoms with van der Waals surface area (Å²) >= 11 is 0. The van der Waals surface area contributed by atoms with Crippen LogP contribution in [-0.2, 0) is 6.42 Å². The number of rotatable bonds is 6. The van der Waals surface area contributed by atoms with Crippen LogP contribution < -0.4 is 10.1 Å². The number of anilines is 1. The Morgan fingerprint density at radius 3 is 2.18 bits per heavy atom. The molecule has 0 saturated heterocycles. The highest BCUT2D eigenvalue weighted by molar-refractivity contribution is 6.23. The Hall–Kier alpha value is -5.17. The maximum Gasteiger partial charge on any atom is 0.280 e. The van der Waals surface area contributed by atoms with E-state index in [-0.39, 0.29) is 17.5 Å². The summed E-state index contributed by atoms with van der Waals surface area (Å²) in [7, 11) is 1.60. The first-order valence-electron chi connectivity index (χ1n) is 12.2. The number of benzene rings is 3. The summed E-state index contributed by atoms with van der Waals surface area (Å²) in [4.78, 5) is 18.5. The van der Waals surface area contributed by atoms with Gasteiger partial charge in [0, 0.05) is 29.4 Å². The molecule has 6 rings (SSSR count). The van der Waals surface area contributed by atoms with Gasteiger partial charge in [-0.05, 0) is 35.4 Å². The Morgan fingerprint density at radius 2 is 1.53 bits per heavy atom. The molecule has 7 heteroatoms. The summed E-state index contributed by atoms with van der Waals surface area (Å²) in [6.07, 6.45) is 1.96. The van der Waals surface area contributed by atoms with E-state index in [1.165, 1.54) is 4.68 Å². The van der Waals surface area contributed by atoms with Crippen molar-refractivity contribution in [1.82, 2.24) is 14.8 Å². The molecule has 186 valence electrons. The Morgan fingerprint density at radius 1 is 0.842 bits per heavy atom. The number of ether oxygens (including phenoxy) is 1. The van der Waals surface area contributed by atoms with Crippen LogP contribution in [0, 0.1) is 0 Å². The quantitative estimate of drug-likeness (QED) is 0.295. The van der Waals surface area contributed by atoms with Gasteiger partial charge in [0.05, 0.1) is 18.4 Å². The van der Waals surface area contributed by atoms with Crippen molar-refractivity contribution in [2.24, 2.45) is 0 Å². The molecule has 2 aromatic heterocycles. The van der Waals surface area contributed by atoms with Gasteiger partial charge in [0.2, 0.25) is 0 Å². The van der Waals surface area contributed by atoms with Gasteiger partial charge in [0.15, 0.2) is 11.6 Å². The van der Waals surface area contributed by atoms with Gasteiger partial charge in [0.1, 0.15) is 11.4 Å². The summed E-state index contributed by atoms with van der Waals surface area (Å²) in [5.74, 6) is 0.688. The van der Waals surface area contributed by atoms with Gasteiger partial charge < -0.3 is 15.2 Å². The maximum atomic E-state index is 14.2. The summed E-state index contributed by atoms with van der Waals surface area (Å²) in [6.45, 7) is 0. The molecule has 2 N–H and O–H groups in total. The van der Waals surface area contributed by atoms with Crippen LogP contribution >= 0.6 is 0 Å². The van der Waals surface area contributed by atoms with Crippen LogP contribution in [0.2, 0.25) is 0 Å². The van der Waals surface area contributed by atoms with Crippen LogP contribution in [0.15, 0.2) is 109 Å². The van der Waals surface area contributed by atoms with Crippen molar-refractivity contribution >= 4 is 17.3 Å². The third-order valence-corrected chi connectivity index (χ3v) is 6.58. The van der Waals surface area contributed by atoms with E-state index in [2.05, 4.69) is 10.3 Å². The smallest absolute Gasteiger partial charge is 0.280 e. The molecule has 0 fully saturated rings. The fourth-order valence-corrected chi connectivity index (χ4v) is 4.78. The second-order valence-electron chi connectivity index (χ2n) is 8.87. The minimum atomic E-state index is -0.270. The molecule has 0 aliphatic carbocycles. The number of aromatic nitrogens is 3. The molecule has 0 unspecified atom stereocenters. The van der Waals surface area contributed by atoms with Crippen molar-refractivity contribution in [2.45, 2.75) is 6.42 Å². The van der Waals surface area contributed by atoms with Crippen LogP contribution in [0.25, 0.3) is 28.0 Å². The first kappa shape index (κ1) is 23.2. The summed E-state index contributed by atoms with van der Waals surface area (Å²) in [5.41, 5.74) is 6.05. The second-order valence-corrected chi connectivity index (χ2v) is 8.87. The number of fused-ring (bicyclic) bond motifs is 1. The van der Waals surface area contributed by atoms with Crippen molar-refractivity contribution in [2.75, 3.05) is 12.4 Å². The second kappa shape index (κ2) is 9.71. The molecule has 7 nitrogen and oxygen atoms in total. The van der Waals surface area contributed by atoms with Crippen molar-refractivity contribution < 1.29 is 14.6 Å². The van der Waals surface area contributed by atoms with E-state index in [1.807, 2.05) is 84.9 Å². The molecule has 0 saturated carbocycles. The molecule has 5 aromatic rings. The summed E-state index contributed by atoms with van der Waals surface area (Å²) in [6, 6.07) is 30.3. The zero-order chi connectivity index (χ0) is 26.1. The van der Waals surface area contributed by atoms with Crippen molar-refractivity contribution in [3.05, 3.63) is 120 Å². The Labute approximate surface area is 219 Å². The largest absolute Gasteiger partial charge is 0.504 e. The van der Waals surface area contributed by atoms with E-state index >= 15 is 0 Å². The van der Waals surface area contributed by atoms with Gasteiger partial charge in [-0.25, -0.2) is 4.98 Å². The van der Waals surface area contributed by atoms with Gasteiger partial charge >= 0.3 is 0 Å². The average molecular weight is 501 g/mol. The first-order valence-corrected chi connectivity index (χ1v) is 12.2. The fraction of sp³-hybridized carbons (Fsp3) is 0.0645. The van der Waals surface area contributed by atoms with E-state index in [1.54, 1.807) is 25.4 Å². The van der Waals surface area contributed by atoms with Crippen LogP contribution in [0.5, 0.6) is 11.5 Å². The van der Waals surface area contributed by atoms with Gasteiger partial charge in [-0.3, -0.25) is 4.79 Å². The van der Waals surface area contributed by atoms with E-state index in [9.17, 15) is 9.90 Å². The molecule has 0 spiro atoms. The first-order chi connectivity index (χ1) is 18.6. The monoisotopic (exact) mass is 500 g/mol. The van der Waals surface area contributed by atoms with Crippen molar-refractivity contribution in [3.63, 3.8) is 0 Å². The lowest BCUT2D eigenvalue weighted by Crippen LogP contribution is -2.26. The zero-order valence-electron chi connectivity index (χ0n) is 20.6. The Bertz CT molecular complexity index is 1660. The molecule has 1 aliphatic rings. The number of aromatic hydroxyl groups is 1. The summed E-state index contributed by atoms with van der Waals surface area (Å²) in [5, 5.41) is 18.6. The lowest BCUT2D eigenvalue weighted by atomic mass is 9.92. The predicted octanol–water partition coefficient (Wildman–Crippen LogP) is 6.05. The van der Waals surface area contributed by atoms with Gasteiger partial charge in [-0.2, -0.15) is 9.78 Å². The van der Waals surface area contributed by atoms with E-state index in [0.717, 1.165) is 28.1 Å². The average Bonchev–Trinajstić information content (AvgIpc) is 3.35. The molecule has 0 radical (unpaired) electrons. The highest BCUT2D eigenvalue weighted by Gasteiger charge is 2.33. The van der Waals surface area contributed by atoms with Crippen LogP contribution in [0.4, 0.5) is 5.82 Å². The number of carbonyl (C=O) groups excluding carboxylic acids is 1. The molecular formula is C31H24N4O3. The highest BCUT2D eigenvalue weighted by atomic mass is 16.5. The third-order valence-electron chi connectivity index (χ3n) is 6.58. The van der Waals surface area contributed by atoms with E-state index < -0.39 is 0 Å². The minimum absolute atomic E-state index is 0.00568. The molecule has 3 aromatic carbocycles. The SMILES string of the molecule is COc1ccc(C2=C(Nc3ncccc3O)Cc3c(-c4ccccc4)c(-c4ccccc4)nn3C2=O)cc1. The number of carbonyl (C=O) groups is 1. The van der Waals surface area contributed by atoms with Gasteiger partial charge in [-0.15, -0.1) is 0 Å². The number of hydrogen-bond donors (Lipinski definition) is 2. The summed E-state index contributed by atoms with van der Waals surface area (Å²) < 4.78 is 6.83. The van der Waals surface area contributed by atoms with Crippen molar-refractivity contribution in [1.29, 1.82) is 0 Å². The molecule has 0 atom stereocenters. The normalized spacial score (nSPS) is 12.8. The molecular weight excluding hydrogens is 476 g/mol. The number of allylic oxidation sites excluding steroid dienone is 2. The van der Waals surface area contributed by atoms with Gasteiger partial charge in [0.25, 0.3) is 5.91 Å². The van der Waals surface area contributed by atoms with Crippen molar-refractivity contribution in [3.8, 4) is 33.9 Å².